The molecule has 19 heavy (non-hydrogen) atoms. The summed E-state index contributed by atoms with van der Waals surface area (Å²) in [7, 11) is 0. The zero-order valence-electron chi connectivity index (χ0n) is 11.5. The number of halogens is 1. The third-order valence-corrected chi connectivity index (χ3v) is 3.29. The SMILES string of the molecule is CCOc1ccc(NCCCC2CCCO2)cc1F. The van der Waals surface area contributed by atoms with Gasteiger partial charge in [-0.15, -0.1) is 0 Å². The molecule has 1 N–H and O–H groups in total. The number of anilines is 1. The van der Waals surface area contributed by atoms with Gasteiger partial charge in [-0.25, -0.2) is 4.39 Å². The summed E-state index contributed by atoms with van der Waals surface area (Å²) in [5, 5.41) is 3.23. The molecule has 1 atom stereocenters. The monoisotopic (exact) mass is 267 g/mol. The van der Waals surface area contributed by atoms with Crippen molar-refractivity contribution in [1.82, 2.24) is 0 Å². The van der Waals surface area contributed by atoms with Crippen molar-refractivity contribution in [3.8, 4) is 5.75 Å². The molecule has 0 amide bonds. The molecular formula is C15H22FNO2. The molecule has 106 valence electrons. The largest absolute Gasteiger partial charge is 0.491 e. The molecule has 2 rings (SSSR count). The Morgan fingerprint density at radius 2 is 2.37 bits per heavy atom. The third-order valence-electron chi connectivity index (χ3n) is 3.29. The van der Waals surface area contributed by atoms with Crippen molar-refractivity contribution in [2.45, 2.75) is 38.7 Å². The van der Waals surface area contributed by atoms with Gasteiger partial charge in [0.25, 0.3) is 0 Å². The number of nitrogens with one attached hydrogen (secondary N) is 1. The van der Waals surface area contributed by atoms with Gasteiger partial charge in [-0.1, -0.05) is 0 Å². The van der Waals surface area contributed by atoms with Crippen molar-refractivity contribution in [1.29, 1.82) is 0 Å². The average molecular weight is 267 g/mol. The van der Waals surface area contributed by atoms with Gasteiger partial charge in [-0.2, -0.15) is 0 Å². The Morgan fingerprint density at radius 1 is 1.47 bits per heavy atom. The highest BCUT2D eigenvalue weighted by Gasteiger charge is 2.14. The zero-order chi connectivity index (χ0) is 13.5. The van der Waals surface area contributed by atoms with Crippen LogP contribution in [0.1, 0.15) is 32.6 Å². The third kappa shape index (κ3) is 4.39. The van der Waals surface area contributed by atoms with E-state index in [-0.39, 0.29) is 5.82 Å². The van der Waals surface area contributed by atoms with E-state index < -0.39 is 0 Å². The predicted molar refractivity (Wildman–Crippen MR) is 74.3 cm³/mol. The quantitative estimate of drug-likeness (QED) is 0.766. The van der Waals surface area contributed by atoms with Crippen molar-refractivity contribution in [2.24, 2.45) is 0 Å². The van der Waals surface area contributed by atoms with E-state index in [1.54, 1.807) is 6.07 Å². The number of benzene rings is 1. The Bertz CT molecular complexity index is 392. The van der Waals surface area contributed by atoms with Gasteiger partial charge in [0.05, 0.1) is 12.7 Å². The van der Waals surface area contributed by atoms with E-state index in [1.807, 2.05) is 13.0 Å². The van der Waals surface area contributed by atoms with Gasteiger partial charge in [0.2, 0.25) is 0 Å². The summed E-state index contributed by atoms with van der Waals surface area (Å²) in [5.74, 6) is -0.00150. The van der Waals surface area contributed by atoms with Gasteiger partial charge in [-0.3, -0.25) is 0 Å². The Labute approximate surface area is 114 Å². The van der Waals surface area contributed by atoms with Gasteiger partial charge in [0.1, 0.15) is 0 Å². The van der Waals surface area contributed by atoms with E-state index >= 15 is 0 Å². The summed E-state index contributed by atoms with van der Waals surface area (Å²) in [6.45, 7) is 4.07. The van der Waals surface area contributed by atoms with Crippen molar-refractivity contribution in [3.63, 3.8) is 0 Å². The summed E-state index contributed by atoms with van der Waals surface area (Å²) in [5.41, 5.74) is 0.799. The molecule has 0 aromatic heterocycles. The van der Waals surface area contributed by atoms with Crippen LogP contribution in [0.25, 0.3) is 0 Å². The van der Waals surface area contributed by atoms with E-state index in [9.17, 15) is 4.39 Å². The lowest BCUT2D eigenvalue weighted by molar-refractivity contribution is 0.103. The number of ether oxygens (including phenoxy) is 2. The Hall–Kier alpha value is -1.29. The molecule has 4 heteroatoms. The van der Waals surface area contributed by atoms with Gasteiger partial charge in [0, 0.05) is 24.9 Å². The van der Waals surface area contributed by atoms with Crippen LogP contribution in [0, 0.1) is 5.82 Å². The van der Waals surface area contributed by atoms with E-state index in [4.69, 9.17) is 9.47 Å². The van der Waals surface area contributed by atoms with Crippen molar-refractivity contribution in [2.75, 3.05) is 25.1 Å². The molecule has 0 bridgehead atoms. The van der Waals surface area contributed by atoms with Crippen molar-refractivity contribution >= 4 is 5.69 Å². The molecule has 1 heterocycles. The first-order valence-corrected chi connectivity index (χ1v) is 7.07. The van der Waals surface area contributed by atoms with Crippen molar-refractivity contribution in [3.05, 3.63) is 24.0 Å². The number of hydrogen-bond acceptors (Lipinski definition) is 3. The van der Waals surface area contributed by atoms with Crippen LogP contribution in [0.15, 0.2) is 18.2 Å². The smallest absolute Gasteiger partial charge is 0.167 e. The van der Waals surface area contributed by atoms with Crippen molar-refractivity contribution < 1.29 is 13.9 Å². The molecule has 0 spiro atoms. The lowest BCUT2D eigenvalue weighted by Gasteiger charge is -2.11. The first-order chi connectivity index (χ1) is 9.29. The van der Waals surface area contributed by atoms with Gasteiger partial charge >= 0.3 is 0 Å². The first kappa shape index (κ1) is 14.1. The Kier molecular flexibility index (Phi) is 5.45. The van der Waals surface area contributed by atoms with E-state index in [1.165, 1.54) is 18.9 Å². The molecule has 1 aromatic carbocycles. The highest BCUT2D eigenvalue weighted by molar-refractivity contribution is 5.47. The highest BCUT2D eigenvalue weighted by Crippen LogP contribution is 2.21. The van der Waals surface area contributed by atoms with Crippen LogP contribution >= 0.6 is 0 Å². The van der Waals surface area contributed by atoms with Gasteiger partial charge in [-0.05, 0) is 44.7 Å². The molecule has 1 aromatic rings. The average Bonchev–Trinajstić information content (AvgIpc) is 2.91. The van der Waals surface area contributed by atoms with Crippen LogP contribution in [-0.4, -0.2) is 25.9 Å². The van der Waals surface area contributed by atoms with Crippen LogP contribution in [0.5, 0.6) is 5.75 Å². The van der Waals surface area contributed by atoms with Gasteiger partial charge in [0.15, 0.2) is 11.6 Å². The number of rotatable bonds is 7. The molecule has 0 radical (unpaired) electrons. The Balaban J connectivity index is 1.71. The minimum atomic E-state index is -0.314. The molecule has 0 saturated carbocycles. The molecule has 3 nitrogen and oxygen atoms in total. The molecule has 1 fully saturated rings. The van der Waals surface area contributed by atoms with E-state index in [0.29, 0.717) is 18.5 Å². The lowest BCUT2D eigenvalue weighted by atomic mass is 10.1. The fourth-order valence-electron chi connectivity index (χ4n) is 2.32. The minimum Gasteiger partial charge on any atom is -0.491 e. The second kappa shape index (κ2) is 7.34. The Morgan fingerprint density at radius 3 is 3.05 bits per heavy atom. The lowest BCUT2D eigenvalue weighted by Crippen LogP contribution is -2.09. The molecule has 1 unspecified atom stereocenters. The second-order valence-corrected chi connectivity index (χ2v) is 4.78. The summed E-state index contributed by atoms with van der Waals surface area (Å²) in [6.07, 6.45) is 4.91. The van der Waals surface area contributed by atoms with Crippen LogP contribution in [-0.2, 0) is 4.74 Å². The van der Waals surface area contributed by atoms with E-state index in [0.717, 1.165) is 31.7 Å². The minimum absolute atomic E-state index is 0.312. The highest BCUT2D eigenvalue weighted by atomic mass is 19.1. The first-order valence-electron chi connectivity index (χ1n) is 7.07. The maximum Gasteiger partial charge on any atom is 0.167 e. The van der Waals surface area contributed by atoms with Gasteiger partial charge < -0.3 is 14.8 Å². The maximum absolute atomic E-state index is 13.6. The fourth-order valence-corrected chi connectivity index (χ4v) is 2.32. The van der Waals surface area contributed by atoms with Crippen LogP contribution < -0.4 is 10.1 Å². The topological polar surface area (TPSA) is 30.5 Å². The van der Waals surface area contributed by atoms with E-state index in [2.05, 4.69) is 5.32 Å². The normalized spacial score (nSPS) is 18.5. The predicted octanol–water partition coefficient (Wildman–Crippen LogP) is 3.60. The molecular weight excluding hydrogens is 245 g/mol. The zero-order valence-corrected chi connectivity index (χ0v) is 11.5. The standard InChI is InChI=1S/C15H22FNO2/c1-2-18-15-8-7-12(11-14(15)16)17-9-3-5-13-6-4-10-19-13/h7-8,11,13,17H,2-6,9-10H2,1H3. The molecule has 1 saturated heterocycles. The second-order valence-electron chi connectivity index (χ2n) is 4.78. The van der Waals surface area contributed by atoms with Crippen LogP contribution in [0.3, 0.4) is 0 Å². The van der Waals surface area contributed by atoms with Crippen LogP contribution in [0.4, 0.5) is 10.1 Å². The summed E-state index contributed by atoms with van der Waals surface area (Å²) in [6, 6.07) is 5.00. The summed E-state index contributed by atoms with van der Waals surface area (Å²) in [4.78, 5) is 0. The molecule has 0 aliphatic carbocycles. The maximum atomic E-state index is 13.6. The molecule has 1 aliphatic heterocycles. The summed E-state index contributed by atoms with van der Waals surface area (Å²) >= 11 is 0. The summed E-state index contributed by atoms with van der Waals surface area (Å²) < 4.78 is 24.3. The fraction of sp³-hybridized carbons (Fsp3) is 0.600. The number of hydrogen-bond donors (Lipinski definition) is 1. The molecule has 1 aliphatic rings. The van der Waals surface area contributed by atoms with Crippen LogP contribution in [0.2, 0.25) is 0 Å².